The maximum absolute atomic E-state index is 13.4. The normalized spacial score (nSPS) is 17.5. The van der Waals surface area contributed by atoms with Gasteiger partial charge in [-0.2, -0.15) is 0 Å². The third kappa shape index (κ3) is 4.01. The van der Waals surface area contributed by atoms with Crippen molar-refractivity contribution >= 4 is 5.91 Å². The molecule has 0 aromatic heterocycles. The van der Waals surface area contributed by atoms with Crippen LogP contribution in [0.3, 0.4) is 0 Å². The van der Waals surface area contributed by atoms with Crippen LogP contribution in [0, 0.1) is 5.82 Å². The summed E-state index contributed by atoms with van der Waals surface area (Å²) < 4.78 is 19.1. The number of amides is 1. The van der Waals surface area contributed by atoms with Crippen LogP contribution in [-0.4, -0.2) is 37.1 Å². The Kier molecular flexibility index (Phi) is 5.26. The summed E-state index contributed by atoms with van der Waals surface area (Å²) in [6.07, 6.45) is 3.38. The Labute approximate surface area is 142 Å². The summed E-state index contributed by atoms with van der Waals surface area (Å²) >= 11 is 0. The lowest BCUT2D eigenvalue weighted by Gasteiger charge is -2.27. The van der Waals surface area contributed by atoms with Crippen LogP contribution in [-0.2, 0) is 4.74 Å². The van der Waals surface area contributed by atoms with Crippen LogP contribution < -0.4 is 0 Å². The fourth-order valence-electron chi connectivity index (χ4n) is 3.06. The number of carbonyl (C=O) groups excluding carboxylic acids is 1. The van der Waals surface area contributed by atoms with Gasteiger partial charge in [-0.3, -0.25) is 4.79 Å². The minimum atomic E-state index is -0.282. The predicted octanol–water partition coefficient (Wildman–Crippen LogP) is 4.13. The van der Waals surface area contributed by atoms with Gasteiger partial charge in [0, 0.05) is 25.8 Å². The number of hydrogen-bond donors (Lipinski definition) is 0. The van der Waals surface area contributed by atoms with Gasteiger partial charge in [-0.1, -0.05) is 24.3 Å². The minimum absolute atomic E-state index is 0.0394. The summed E-state index contributed by atoms with van der Waals surface area (Å²) in [7, 11) is 1.80. The number of likely N-dealkylation sites (N-methyl/N-ethyl adjacent to an activating group) is 1. The van der Waals surface area contributed by atoms with Crippen molar-refractivity contribution in [1.82, 2.24) is 4.90 Å². The molecular formula is C20H22FNO2. The fraction of sp³-hybridized carbons (Fsp3) is 0.350. The molecule has 126 valence electrons. The summed E-state index contributed by atoms with van der Waals surface area (Å²) in [5, 5.41) is 0. The molecule has 1 saturated heterocycles. The fourth-order valence-corrected chi connectivity index (χ4v) is 3.06. The molecule has 2 aromatic rings. The third-order valence-electron chi connectivity index (χ3n) is 4.37. The average Bonchev–Trinajstić information content (AvgIpc) is 2.62. The topological polar surface area (TPSA) is 29.5 Å². The zero-order valence-corrected chi connectivity index (χ0v) is 13.9. The average molecular weight is 327 g/mol. The minimum Gasteiger partial charge on any atom is -0.376 e. The highest BCUT2D eigenvalue weighted by Gasteiger charge is 2.20. The SMILES string of the molecule is CN(CC1CCCCO1)C(=O)c1cccc(-c2cccc(F)c2)c1. The van der Waals surface area contributed by atoms with E-state index in [0.29, 0.717) is 12.1 Å². The molecule has 0 bridgehead atoms. The van der Waals surface area contributed by atoms with Crippen molar-refractivity contribution in [2.24, 2.45) is 0 Å². The van der Waals surface area contributed by atoms with Gasteiger partial charge in [-0.25, -0.2) is 4.39 Å². The van der Waals surface area contributed by atoms with Gasteiger partial charge in [-0.15, -0.1) is 0 Å². The largest absolute Gasteiger partial charge is 0.376 e. The van der Waals surface area contributed by atoms with Gasteiger partial charge in [0.25, 0.3) is 5.91 Å². The molecule has 0 aliphatic carbocycles. The summed E-state index contributed by atoms with van der Waals surface area (Å²) in [5.41, 5.74) is 2.21. The number of rotatable bonds is 4. The second-order valence-electron chi connectivity index (χ2n) is 6.27. The molecule has 3 nitrogen and oxygen atoms in total. The first-order valence-electron chi connectivity index (χ1n) is 8.36. The Morgan fingerprint density at radius 2 is 1.92 bits per heavy atom. The van der Waals surface area contributed by atoms with E-state index in [1.54, 1.807) is 24.1 Å². The molecule has 0 spiro atoms. The lowest BCUT2D eigenvalue weighted by Crippen LogP contribution is -2.37. The third-order valence-corrected chi connectivity index (χ3v) is 4.37. The van der Waals surface area contributed by atoms with Crippen molar-refractivity contribution in [2.45, 2.75) is 25.4 Å². The second kappa shape index (κ2) is 7.58. The van der Waals surface area contributed by atoms with Gasteiger partial charge < -0.3 is 9.64 Å². The molecule has 1 aliphatic rings. The monoisotopic (exact) mass is 327 g/mol. The first-order valence-corrected chi connectivity index (χ1v) is 8.36. The summed E-state index contributed by atoms with van der Waals surface area (Å²) in [4.78, 5) is 14.4. The molecule has 0 N–H and O–H groups in total. The quantitative estimate of drug-likeness (QED) is 0.845. The van der Waals surface area contributed by atoms with Crippen LogP contribution in [0.15, 0.2) is 48.5 Å². The predicted molar refractivity (Wildman–Crippen MR) is 92.4 cm³/mol. The van der Waals surface area contributed by atoms with E-state index in [9.17, 15) is 9.18 Å². The Balaban J connectivity index is 1.74. The van der Waals surface area contributed by atoms with Crippen LogP contribution in [0.4, 0.5) is 4.39 Å². The van der Waals surface area contributed by atoms with Gasteiger partial charge in [0.05, 0.1) is 6.10 Å². The molecule has 1 unspecified atom stereocenters. The van der Waals surface area contributed by atoms with Gasteiger partial charge >= 0.3 is 0 Å². The molecule has 1 fully saturated rings. The molecule has 1 aliphatic heterocycles. The van der Waals surface area contributed by atoms with Crippen molar-refractivity contribution < 1.29 is 13.9 Å². The van der Waals surface area contributed by atoms with Gasteiger partial charge in [0.2, 0.25) is 0 Å². The van der Waals surface area contributed by atoms with E-state index in [4.69, 9.17) is 4.74 Å². The van der Waals surface area contributed by atoms with E-state index >= 15 is 0 Å². The van der Waals surface area contributed by atoms with E-state index in [1.807, 2.05) is 24.3 Å². The first-order chi connectivity index (χ1) is 11.6. The molecule has 0 radical (unpaired) electrons. The lowest BCUT2D eigenvalue weighted by molar-refractivity contribution is -0.000186. The Morgan fingerprint density at radius 3 is 2.62 bits per heavy atom. The standard InChI is InChI=1S/C20H22FNO2/c1-22(14-19-10-2-3-11-24-19)20(23)17-8-4-6-15(12-17)16-7-5-9-18(21)13-16/h4-9,12-13,19H,2-3,10-11,14H2,1H3. The van der Waals surface area contributed by atoms with E-state index in [0.717, 1.165) is 37.0 Å². The molecule has 1 amide bonds. The summed E-state index contributed by atoms with van der Waals surface area (Å²) in [5.74, 6) is -0.321. The maximum Gasteiger partial charge on any atom is 0.253 e. The van der Waals surface area contributed by atoms with Crippen LogP contribution in [0.1, 0.15) is 29.6 Å². The molecule has 3 rings (SSSR count). The maximum atomic E-state index is 13.4. The van der Waals surface area contributed by atoms with E-state index in [-0.39, 0.29) is 17.8 Å². The van der Waals surface area contributed by atoms with Crippen LogP contribution in [0.2, 0.25) is 0 Å². The Hall–Kier alpha value is -2.20. The van der Waals surface area contributed by atoms with Crippen LogP contribution in [0.25, 0.3) is 11.1 Å². The summed E-state index contributed by atoms with van der Waals surface area (Å²) in [6.45, 7) is 1.38. The van der Waals surface area contributed by atoms with Gasteiger partial charge in [-0.05, 0) is 54.7 Å². The number of nitrogens with zero attached hydrogens (tertiary/aromatic N) is 1. The van der Waals surface area contributed by atoms with E-state index < -0.39 is 0 Å². The van der Waals surface area contributed by atoms with E-state index in [2.05, 4.69) is 0 Å². The van der Waals surface area contributed by atoms with Crippen molar-refractivity contribution in [2.75, 3.05) is 20.2 Å². The highest BCUT2D eigenvalue weighted by molar-refractivity contribution is 5.95. The Morgan fingerprint density at radius 1 is 1.17 bits per heavy atom. The van der Waals surface area contributed by atoms with Crippen molar-refractivity contribution in [3.05, 3.63) is 59.9 Å². The second-order valence-corrected chi connectivity index (χ2v) is 6.27. The molecule has 1 heterocycles. The highest BCUT2D eigenvalue weighted by Crippen LogP contribution is 2.22. The molecule has 0 saturated carbocycles. The smallest absolute Gasteiger partial charge is 0.253 e. The van der Waals surface area contributed by atoms with Gasteiger partial charge in [0.1, 0.15) is 5.82 Å². The number of halogens is 1. The highest BCUT2D eigenvalue weighted by atomic mass is 19.1. The number of carbonyl (C=O) groups is 1. The molecule has 24 heavy (non-hydrogen) atoms. The van der Waals surface area contributed by atoms with Crippen molar-refractivity contribution in [1.29, 1.82) is 0 Å². The molecule has 1 atom stereocenters. The lowest BCUT2D eigenvalue weighted by atomic mass is 10.0. The molecule has 4 heteroatoms. The van der Waals surface area contributed by atoms with Crippen LogP contribution >= 0.6 is 0 Å². The van der Waals surface area contributed by atoms with Crippen molar-refractivity contribution in [3.63, 3.8) is 0 Å². The number of ether oxygens (including phenoxy) is 1. The zero-order chi connectivity index (χ0) is 16.9. The van der Waals surface area contributed by atoms with E-state index in [1.165, 1.54) is 12.1 Å². The Bertz CT molecular complexity index is 710. The summed E-state index contributed by atoms with van der Waals surface area (Å²) in [6, 6.07) is 13.7. The molecule has 2 aromatic carbocycles. The van der Waals surface area contributed by atoms with Crippen LogP contribution in [0.5, 0.6) is 0 Å². The first kappa shape index (κ1) is 16.7. The number of benzene rings is 2. The van der Waals surface area contributed by atoms with Crippen molar-refractivity contribution in [3.8, 4) is 11.1 Å². The molecular weight excluding hydrogens is 305 g/mol. The van der Waals surface area contributed by atoms with Gasteiger partial charge in [0.15, 0.2) is 0 Å². The number of hydrogen-bond acceptors (Lipinski definition) is 2. The zero-order valence-electron chi connectivity index (χ0n) is 13.9.